The third-order valence-electron chi connectivity index (χ3n) is 1.89. The molecular formula is C9H13N3O2. The molecule has 0 unspecified atom stereocenters. The van der Waals surface area contributed by atoms with E-state index >= 15 is 0 Å². The summed E-state index contributed by atoms with van der Waals surface area (Å²) in [5.74, 6) is 0.463. The summed E-state index contributed by atoms with van der Waals surface area (Å²) in [6.07, 6.45) is 1.69. The van der Waals surface area contributed by atoms with E-state index in [-0.39, 0.29) is 5.69 Å². The fraction of sp³-hybridized carbons (Fsp3) is 0.333. The molecule has 76 valence electrons. The molecule has 1 rings (SSSR count). The normalized spacial score (nSPS) is 9.86. The molecule has 0 spiro atoms. The third kappa shape index (κ3) is 1.61. The lowest BCUT2D eigenvalue weighted by Gasteiger charge is -2.02. The first kappa shape index (κ1) is 10.3. The number of aromatic nitrogens is 2. The van der Waals surface area contributed by atoms with Gasteiger partial charge >= 0.3 is 5.97 Å². The van der Waals surface area contributed by atoms with Crippen LogP contribution in [0.25, 0.3) is 0 Å². The van der Waals surface area contributed by atoms with Crippen LogP contribution in [0.1, 0.15) is 16.3 Å². The summed E-state index contributed by atoms with van der Waals surface area (Å²) in [5, 5.41) is 0. The van der Waals surface area contributed by atoms with Crippen LogP contribution in [0.15, 0.2) is 12.7 Å². The second kappa shape index (κ2) is 3.95. The Balaban J connectivity index is 3.16. The molecule has 0 amide bonds. The van der Waals surface area contributed by atoms with Gasteiger partial charge in [-0.25, -0.2) is 9.78 Å². The second-order valence-electron chi connectivity index (χ2n) is 2.78. The minimum Gasteiger partial charge on any atom is -0.464 e. The van der Waals surface area contributed by atoms with Crippen LogP contribution in [0.5, 0.6) is 0 Å². The van der Waals surface area contributed by atoms with E-state index in [2.05, 4.69) is 16.3 Å². The summed E-state index contributed by atoms with van der Waals surface area (Å²) in [7, 11) is 1.30. The van der Waals surface area contributed by atoms with Crippen LogP contribution in [0.4, 0.5) is 5.82 Å². The molecule has 0 saturated heterocycles. The van der Waals surface area contributed by atoms with Crippen molar-refractivity contribution < 1.29 is 9.53 Å². The summed E-state index contributed by atoms with van der Waals surface area (Å²) >= 11 is 0. The Morgan fingerprint density at radius 3 is 2.93 bits per heavy atom. The van der Waals surface area contributed by atoms with Crippen molar-refractivity contribution in [3.8, 4) is 0 Å². The van der Waals surface area contributed by atoms with Gasteiger partial charge in [0.25, 0.3) is 0 Å². The van der Waals surface area contributed by atoms with Gasteiger partial charge in [0.15, 0.2) is 5.69 Å². The molecule has 0 saturated carbocycles. The molecule has 2 N–H and O–H groups in total. The standard InChI is InChI=1S/C9H13N3O2/c1-4-5-12-6(2)11-7(8(12)10)9(13)14-3/h4H,1,5,10H2,2-3H3. The maximum atomic E-state index is 11.2. The number of ether oxygens (including phenoxy) is 1. The maximum Gasteiger partial charge on any atom is 0.360 e. The molecule has 1 heterocycles. The Hall–Kier alpha value is -1.78. The van der Waals surface area contributed by atoms with Gasteiger partial charge < -0.3 is 15.0 Å². The van der Waals surface area contributed by atoms with Gasteiger partial charge in [0, 0.05) is 6.54 Å². The van der Waals surface area contributed by atoms with Crippen LogP contribution in [-0.2, 0) is 11.3 Å². The van der Waals surface area contributed by atoms with Crippen molar-refractivity contribution in [2.24, 2.45) is 0 Å². The largest absolute Gasteiger partial charge is 0.464 e. The number of carbonyl (C=O) groups excluding carboxylic acids is 1. The minimum atomic E-state index is -0.520. The van der Waals surface area contributed by atoms with Crippen molar-refractivity contribution in [1.82, 2.24) is 9.55 Å². The molecule has 0 aliphatic rings. The fourth-order valence-corrected chi connectivity index (χ4v) is 1.19. The monoisotopic (exact) mass is 195 g/mol. The van der Waals surface area contributed by atoms with Crippen molar-refractivity contribution >= 4 is 11.8 Å². The molecule has 0 radical (unpaired) electrons. The Morgan fingerprint density at radius 2 is 2.43 bits per heavy atom. The zero-order chi connectivity index (χ0) is 10.7. The smallest absolute Gasteiger partial charge is 0.360 e. The van der Waals surface area contributed by atoms with Crippen molar-refractivity contribution in [2.75, 3.05) is 12.8 Å². The average molecular weight is 195 g/mol. The number of hydrogen-bond donors (Lipinski definition) is 1. The molecule has 1 aromatic rings. The van der Waals surface area contributed by atoms with Crippen LogP contribution >= 0.6 is 0 Å². The van der Waals surface area contributed by atoms with Crippen LogP contribution in [-0.4, -0.2) is 22.6 Å². The summed E-state index contributed by atoms with van der Waals surface area (Å²) < 4.78 is 6.24. The molecule has 0 atom stereocenters. The zero-order valence-electron chi connectivity index (χ0n) is 8.28. The highest BCUT2D eigenvalue weighted by atomic mass is 16.5. The zero-order valence-corrected chi connectivity index (χ0v) is 8.28. The average Bonchev–Trinajstić information content (AvgIpc) is 2.45. The number of esters is 1. The van der Waals surface area contributed by atoms with Crippen molar-refractivity contribution in [2.45, 2.75) is 13.5 Å². The Labute approximate surface area is 82.2 Å². The molecular weight excluding hydrogens is 182 g/mol. The van der Waals surface area contributed by atoms with Gasteiger partial charge in [0.05, 0.1) is 7.11 Å². The molecule has 0 aliphatic carbocycles. The lowest BCUT2D eigenvalue weighted by molar-refractivity contribution is 0.0595. The van der Waals surface area contributed by atoms with Crippen molar-refractivity contribution in [3.05, 3.63) is 24.2 Å². The first-order valence-electron chi connectivity index (χ1n) is 4.13. The number of carbonyl (C=O) groups is 1. The highest BCUT2D eigenvalue weighted by Crippen LogP contribution is 2.14. The highest BCUT2D eigenvalue weighted by molar-refractivity contribution is 5.92. The lowest BCUT2D eigenvalue weighted by Crippen LogP contribution is -2.08. The molecule has 5 nitrogen and oxygen atoms in total. The van der Waals surface area contributed by atoms with Crippen LogP contribution in [0, 0.1) is 6.92 Å². The molecule has 0 aromatic carbocycles. The summed E-state index contributed by atoms with van der Waals surface area (Å²) in [5.41, 5.74) is 5.88. The topological polar surface area (TPSA) is 70.1 Å². The van der Waals surface area contributed by atoms with E-state index in [0.717, 1.165) is 0 Å². The van der Waals surface area contributed by atoms with E-state index < -0.39 is 5.97 Å². The number of methoxy groups -OCH3 is 1. The summed E-state index contributed by atoms with van der Waals surface area (Å²) in [6, 6.07) is 0. The predicted octanol–water partition coefficient (Wildman–Crippen LogP) is 0.746. The van der Waals surface area contributed by atoms with Crippen molar-refractivity contribution in [1.29, 1.82) is 0 Å². The molecule has 0 fully saturated rings. The number of rotatable bonds is 3. The third-order valence-corrected chi connectivity index (χ3v) is 1.89. The first-order valence-corrected chi connectivity index (χ1v) is 4.13. The Bertz CT molecular complexity index is 368. The van der Waals surface area contributed by atoms with Crippen molar-refractivity contribution in [3.63, 3.8) is 0 Å². The SMILES string of the molecule is C=CCn1c(C)nc(C(=O)OC)c1N. The number of nitrogens with two attached hydrogens (primary N) is 1. The number of allylic oxidation sites excluding steroid dienone is 1. The Kier molecular flexibility index (Phi) is 2.91. The summed E-state index contributed by atoms with van der Waals surface area (Å²) in [4.78, 5) is 15.2. The first-order chi connectivity index (χ1) is 6.61. The van der Waals surface area contributed by atoms with E-state index in [1.165, 1.54) is 7.11 Å². The van der Waals surface area contributed by atoms with E-state index in [9.17, 15) is 4.79 Å². The quantitative estimate of drug-likeness (QED) is 0.570. The fourth-order valence-electron chi connectivity index (χ4n) is 1.19. The number of imidazole rings is 1. The minimum absolute atomic E-state index is 0.159. The molecule has 5 heteroatoms. The van der Waals surface area contributed by atoms with E-state index in [4.69, 9.17) is 5.73 Å². The highest BCUT2D eigenvalue weighted by Gasteiger charge is 2.17. The second-order valence-corrected chi connectivity index (χ2v) is 2.78. The number of nitrogens with zero attached hydrogens (tertiary/aromatic N) is 2. The van der Waals surface area contributed by atoms with E-state index in [0.29, 0.717) is 18.2 Å². The Morgan fingerprint density at radius 1 is 1.79 bits per heavy atom. The lowest BCUT2D eigenvalue weighted by atomic mass is 10.4. The van der Waals surface area contributed by atoms with Gasteiger partial charge in [-0.3, -0.25) is 0 Å². The molecule has 0 aliphatic heterocycles. The van der Waals surface area contributed by atoms with Gasteiger partial charge in [0.1, 0.15) is 11.6 Å². The summed E-state index contributed by atoms with van der Waals surface area (Å²) in [6.45, 7) is 5.89. The molecule has 0 bridgehead atoms. The van der Waals surface area contributed by atoms with E-state index in [1.807, 2.05) is 0 Å². The maximum absolute atomic E-state index is 11.2. The molecule has 1 aromatic heterocycles. The van der Waals surface area contributed by atoms with Gasteiger partial charge in [-0.15, -0.1) is 6.58 Å². The van der Waals surface area contributed by atoms with Gasteiger partial charge in [-0.2, -0.15) is 0 Å². The number of aryl methyl sites for hydroxylation is 1. The van der Waals surface area contributed by atoms with Gasteiger partial charge in [-0.1, -0.05) is 6.08 Å². The van der Waals surface area contributed by atoms with Gasteiger partial charge in [-0.05, 0) is 6.92 Å². The van der Waals surface area contributed by atoms with Crippen LogP contribution in [0.3, 0.4) is 0 Å². The predicted molar refractivity (Wildman–Crippen MR) is 52.9 cm³/mol. The number of hydrogen-bond acceptors (Lipinski definition) is 4. The molecule has 14 heavy (non-hydrogen) atoms. The van der Waals surface area contributed by atoms with Crippen LogP contribution < -0.4 is 5.73 Å². The van der Waals surface area contributed by atoms with E-state index in [1.54, 1.807) is 17.6 Å². The van der Waals surface area contributed by atoms with Crippen LogP contribution in [0.2, 0.25) is 0 Å². The number of nitrogen functional groups attached to an aromatic ring is 1. The van der Waals surface area contributed by atoms with Gasteiger partial charge in [0.2, 0.25) is 0 Å². The number of anilines is 1.